The van der Waals surface area contributed by atoms with Gasteiger partial charge in [-0.15, -0.1) is 0 Å². The van der Waals surface area contributed by atoms with E-state index in [2.05, 4.69) is 28.3 Å². The van der Waals surface area contributed by atoms with Gasteiger partial charge in [-0.25, -0.2) is 4.79 Å². The van der Waals surface area contributed by atoms with Gasteiger partial charge < -0.3 is 43.6 Å². The third-order valence-electron chi connectivity index (χ3n) is 4.96. The third-order valence-corrected chi connectivity index (χ3v) is 5.33. The van der Waals surface area contributed by atoms with Crippen molar-refractivity contribution >= 4 is 48.2 Å². The number of carboxylic acid groups (broad SMARTS) is 1. The van der Waals surface area contributed by atoms with Gasteiger partial charge in [0.05, 0.1) is 12.5 Å². The predicted molar refractivity (Wildman–Crippen MR) is 122 cm³/mol. The molecule has 1 aliphatic rings. The molecule has 4 amide bonds. The number of rotatable bonds is 13. The summed E-state index contributed by atoms with van der Waals surface area (Å²) < 4.78 is 0. The van der Waals surface area contributed by atoms with E-state index in [1.807, 2.05) is 0 Å². The van der Waals surface area contributed by atoms with E-state index in [1.54, 1.807) is 0 Å². The molecule has 1 heterocycles. The van der Waals surface area contributed by atoms with Crippen molar-refractivity contribution < 1.29 is 29.1 Å². The van der Waals surface area contributed by atoms with Gasteiger partial charge in [-0.1, -0.05) is 0 Å². The summed E-state index contributed by atoms with van der Waals surface area (Å²) in [5, 5.41) is 14.1. The normalized spacial score (nSPS) is 18.0. The Morgan fingerprint density at radius 3 is 2.27 bits per heavy atom. The molecule has 186 valence electrons. The topological polar surface area (TPSA) is 249 Å². The van der Waals surface area contributed by atoms with E-state index in [1.165, 1.54) is 0 Å². The quantitative estimate of drug-likeness (QED) is 0.0547. The first-order chi connectivity index (χ1) is 15.5. The number of carbonyl (C=O) groups excluding carboxylic acids is 4. The summed E-state index contributed by atoms with van der Waals surface area (Å²) in [5.41, 5.74) is 21.5. The molecule has 0 aromatic rings. The summed E-state index contributed by atoms with van der Waals surface area (Å²) in [6.07, 6.45) is 0.869. The van der Waals surface area contributed by atoms with Crippen LogP contribution in [0.3, 0.4) is 0 Å². The zero-order valence-electron chi connectivity index (χ0n) is 18.1. The van der Waals surface area contributed by atoms with Crippen LogP contribution in [0.15, 0.2) is 4.99 Å². The molecule has 1 aliphatic heterocycles. The first-order valence-electron chi connectivity index (χ1n) is 10.3. The number of hydrogen-bond acceptors (Lipinski definition) is 8. The molecule has 0 saturated carbocycles. The van der Waals surface area contributed by atoms with Crippen LogP contribution in [-0.2, 0) is 24.0 Å². The predicted octanol–water partition coefficient (Wildman–Crippen LogP) is -3.78. The Bertz CT molecular complexity index is 775. The fraction of sp³-hybridized carbons (Fsp3) is 0.667. The number of carbonyl (C=O) groups is 5. The van der Waals surface area contributed by atoms with Crippen LogP contribution in [0.4, 0.5) is 0 Å². The molecule has 33 heavy (non-hydrogen) atoms. The summed E-state index contributed by atoms with van der Waals surface area (Å²) in [6.45, 7) is 0.451. The van der Waals surface area contributed by atoms with Gasteiger partial charge in [0.25, 0.3) is 0 Å². The lowest BCUT2D eigenvalue weighted by atomic mass is 10.1. The first kappa shape index (κ1) is 28.0. The van der Waals surface area contributed by atoms with Gasteiger partial charge in [0, 0.05) is 18.8 Å². The van der Waals surface area contributed by atoms with Gasteiger partial charge in [0.15, 0.2) is 5.96 Å². The van der Waals surface area contributed by atoms with Crippen LogP contribution < -0.4 is 33.6 Å². The number of nitrogens with two attached hydrogens (primary N) is 4. The number of nitrogens with zero attached hydrogens (tertiary/aromatic N) is 2. The second-order valence-corrected chi connectivity index (χ2v) is 7.92. The van der Waals surface area contributed by atoms with E-state index in [0.717, 1.165) is 4.90 Å². The van der Waals surface area contributed by atoms with Gasteiger partial charge in [0.1, 0.15) is 18.1 Å². The fourth-order valence-corrected chi connectivity index (χ4v) is 3.54. The van der Waals surface area contributed by atoms with Crippen molar-refractivity contribution in [1.82, 2.24) is 15.5 Å². The Kier molecular flexibility index (Phi) is 11.4. The molecule has 0 aromatic carbocycles. The Hall–Kier alpha value is -3.07. The smallest absolute Gasteiger partial charge is 0.326 e. The summed E-state index contributed by atoms with van der Waals surface area (Å²) in [4.78, 5) is 65.6. The molecule has 14 nitrogen and oxygen atoms in total. The van der Waals surface area contributed by atoms with Gasteiger partial charge >= 0.3 is 5.97 Å². The molecule has 0 aliphatic carbocycles. The molecule has 4 unspecified atom stereocenters. The number of likely N-dealkylation sites (tertiary alicyclic amines) is 1. The van der Waals surface area contributed by atoms with E-state index in [-0.39, 0.29) is 37.6 Å². The highest BCUT2D eigenvalue weighted by atomic mass is 32.1. The highest BCUT2D eigenvalue weighted by molar-refractivity contribution is 7.80. The van der Waals surface area contributed by atoms with Crippen LogP contribution in [0.25, 0.3) is 0 Å². The zero-order chi connectivity index (χ0) is 25.1. The molecular weight excluding hydrogens is 456 g/mol. The van der Waals surface area contributed by atoms with Crippen LogP contribution in [0.1, 0.15) is 32.1 Å². The number of primary amides is 1. The summed E-state index contributed by atoms with van der Waals surface area (Å²) in [7, 11) is 0. The molecule has 4 atom stereocenters. The maximum Gasteiger partial charge on any atom is 0.326 e. The summed E-state index contributed by atoms with van der Waals surface area (Å²) in [5.74, 6) is -4.42. The van der Waals surface area contributed by atoms with Crippen LogP contribution in [0.2, 0.25) is 0 Å². The monoisotopic (exact) mass is 488 g/mol. The van der Waals surface area contributed by atoms with E-state index < -0.39 is 60.2 Å². The minimum atomic E-state index is -1.39. The zero-order valence-corrected chi connectivity index (χ0v) is 19.0. The van der Waals surface area contributed by atoms with Crippen LogP contribution in [0, 0.1) is 0 Å². The van der Waals surface area contributed by atoms with Crippen molar-refractivity contribution in [1.29, 1.82) is 0 Å². The van der Waals surface area contributed by atoms with Crippen molar-refractivity contribution in [3.05, 3.63) is 0 Å². The molecule has 1 rings (SSSR count). The standard InChI is InChI=1S/C18H32N8O6S/c19-9(3-1-5-23-18(21)22)14(28)25-11(8-33)15(29)24-10(7-13(20)27)16(30)26-6-2-4-12(26)17(31)32/h9-12,33H,1-8,19H2,(H2,20,27)(H,24,29)(H,25,28)(H,31,32)(H4,21,22,23). The van der Waals surface area contributed by atoms with E-state index in [0.29, 0.717) is 12.8 Å². The molecule has 1 fully saturated rings. The molecule has 0 radical (unpaired) electrons. The van der Waals surface area contributed by atoms with E-state index in [9.17, 15) is 29.1 Å². The average Bonchev–Trinajstić information content (AvgIpc) is 3.23. The van der Waals surface area contributed by atoms with Crippen molar-refractivity contribution in [2.45, 2.75) is 56.3 Å². The Balaban J connectivity index is 2.78. The number of carboxylic acids is 1. The van der Waals surface area contributed by atoms with Crippen molar-refractivity contribution in [2.24, 2.45) is 27.9 Å². The number of amides is 4. The highest BCUT2D eigenvalue weighted by Gasteiger charge is 2.38. The number of thiol groups is 1. The molecule has 15 heteroatoms. The first-order valence-corrected chi connectivity index (χ1v) is 10.9. The maximum atomic E-state index is 12.9. The summed E-state index contributed by atoms with van der Waals surface area (Å²) >= 11 is 4.05. The Morgan fingerprint density at radius 1 is 1.09 bits per heavy atom. The lowest BCUT2D eigenvalue weighted by Gasteiger charge is -2.28. The molecule has 11 N–H and O–H groups in total. The maximum absolute atomic E-state index is 12.9. The van der Waals surface area contributed by atoms with Crippen molar-refractivity contribution in [3.63, 3.8) is 0 Å². The molecule has 0 bridgehead atoms. The number of hydrogen-bond donors (Lipinski definition) is 8. The average molecular weight is 489 g/mol. The Morgan fingerprint density at radius 2 is 1.73 bits per heavy atom. The van der Waals surface area contributed by atoms with Gasteiger partial charge in [-0.2, -0.15) is 12.6 Å². The minimum absolute atomic E-state index is 0.0801. The number of nitrogens with one attached hydrogen (secondary N) is 2. The molecule has 0 aromatic heterocycles. The minimum Gasteiger partial charge on any atom is -0.480 e. The second-order valence-electron chi connectivity index (χ2n) is 7.56. The number of guanidine groups is 1. The number of aliphatic carboxylic acids is 1. The van der Waals surface area contributed by atoms with Gasteiger partial charge in [0.2, 0.25) is 23.6 Å². The van der Waals surface area contributed by atoms with Crippen molar-refractivity contribution in [2.75, 3.05) is 18.8 Å². The SMILES string of the molecule is NC(=O)CC(NC(=O)C(CS)NC(=O)C(N)CCCN=C(N)N)C(=O)N1CCCC1C(=O)O. The van der Waals surface area contributed by atoms with Crippen LogP contribution in [-0.4, -0.2) is 88.6 Å². The lowest BCUT2D eigenvalue weighted by molar-refractivity contribution is -0.149. The van der Waals surface area contributed by atoms with E-state index in [4.69, 9.17) is 22.9 Å². The highest BCUT2D eigenvalue weighted by Crippen LogP contribution is 2.19. The fourth-order valence-electron chi connectivity index (χ4n) is 3.28. The third kappa shape index (κ3) is 9.13. The summed E-state index contributed by atoms with van der Waals surface area (Å²) in [6, 6.07) is -4.55. The van der Waals surface area contributed by atoms with Gasteiger partial charge in [-0.05, 0) is 25.7 Å². The van der Waals surface area contributed by atoms with Crippen molar-refractivity contribution in [3.8, 4) is 0 Å². The molecule has 0 spiro atoms. The lowest BCUT2D eigenvalue weighted by Crippen LogP contribution is -2.58. The number of aliphatic imine (C=N–C) groups is 1. The second kappa shape index (κ2) is 13.5. The van der Waals surface area contributed by atoms with Crippen LogP contribution >= 0.6 is 12.6 Å². The Labute approximate surface area is 196 Å². The largest absolute Gasteiger partial charge is 0.480 e. The molecule has 1 saturated heterocycles. The van der Waals surface area contributed by atoms with Gasteiger partial charge in [-0.3, -0.25) is 24.2 Å². The van der Waals surface area contributed by atoms with E-state index >= 15 is 0 Å². The van der Waals surface area contributed by atoms with Crippen LogP contribution in [0.5, 0.6) is 0 Å². The molecular formula is C18H32N8O6S.